The Morgan fingerprint density at radius 1 is 1.35 bits per heavy atom. The van der Waals surface area contributed by atoms with E-state index in [-0.39, 0.29) is 24.0 Å². The average Bonchev–Trinajstić information content (AvgIpc) is 2.43. The lowest BCUT2D eigenvalue weighted by molar-refractivity contribution is -0.124. The van der Waals surface area contributed by atoms with Crippen LogP contribution in [0.2, 0.25) is 0 Å². The Hall–Kier alpha value is -1.18. The molecule has 116 valence electrons. The van der Waals surface area contributed by atoms with Gasteiger partial charge in [-0.25, -0.2) is 0 Å². The molecule has 1 heterocycles. The van der Waals surface area contributed by atoms with Crippen molar-refractivity contribution in [2.45, 2.75) is 31.9 Å². The number of nitrogens with zero attached hydrogens (tertiary/aromatic N) is 1. The van der Waals surface area contributed by atoms with E-state index in [1.807, 2.05) is 0 Å². The number of carbonyl (C=O) groups is 2. The molecule has 1 fully saturated rings. The molecule has 1 saturated heterocycles. The molecule has 0 spiro atoms. The van der Waals surface area contributed by atoms with Gasteiger partial charge in [0.1, 0.15) is 0 Å². The van der Waals surface area contributed by atoms with E-state index in [2.05, 4.69) is 15.5 Å². The van der Waals surface area contributed by atoms with E-state index in [0.29, 0.717) is 26.2 Å². The second kappa shape index (κ2) is 8.89. The Morgan fingerprint density at radius 2 is 2.05 bits per heavy atom. The molecule has 2 unspecified atom stereocenters. The maximum Gasteiger partial charge on any atom is 0.234 e. The molecule has 7 heteroatoms. The number of carbonyl (C=O) groups excluding carboxylic acids is 2. The van der Waals surface area contributed by atoms with Crippen LogP contribution in [-0.2, 0) is 14.3 Å². The van der Waals surface area contributed by atoms with Gasteiger partial charge in [0.25, 0.3) is 0 Å². The Morgan fingerprint density at radius 3 is 2.65 bits per heavy atom. The SMILES string of the molecule is COC1CCN(CC(=O)NCCNC(C)=O)C(CN)C1. The summed E-state index contributed by atoms with van der Waals surface area (Å²) in [5.74, 6) is -0.131. The van der Waals surface area contributed by atoms with Crippen molar-refractivity contribution >= 4 is 11.8 Å². The minimum Gasteiger partial charge on any atom is -0.381 e. The topological polar surface area (TPSA) is 96.7 Å². The maximum absolute atomic E-state index is 11.8. The van der Waals surface area contributed by atoms with Crippen molar-refractivity contribution in [1.29, 1.82) is 0 Å². The number of nitrogens with two attached hydrogens (primary N) is 1. The van der Waals surface area contributed by atoms with E-state index in [9.17, 15) is 9.59 Å². The van der Waals surface area contributed by atoms with Gasteiger partial charge in [-0.15, -0.1) is 0 Å². The molecule has 4 N–H and O–H groups in total. The zero-order chi connectivity index (χ0) is 15.0. The molecule has 1 aliphatic heterocycles. The normalized spacial score (nSPS) is 23.4. The number of amides is 2. The fourth-order valence-corrected chi connectivity index (χ4v) is 2.41. The number of likely N-dealkylation sites (tertiary alicyclic amines) is 1. The number of methoxy groups -OCH3 is 1. The molecule has 2 amide bonds. The Balaban J connectivity index is 2.28. The number of ether oxygens (including phenoxy) is 1. The van der Waals surface area contributed by atoms with Gasteiger partial charge in [-0.2, -0.15) is 0 Å². The molecular weight excluding hydrogens is 260 g/mol. The number of nitrogens with one attached hydrogen (secondary N) is 2. The number of hydrogen-bond donors (Lipinski definition) is 3. The second-order valence-electron chi connectivity index (χ2n) is 5.08. The van der Waals surface area contributed by atoms with Gasteiger partial charge in [0.15, 0.2) is 0 Å². The molecule has 0 saturated carbocycles. The van der Waals surface area contributed by atoms with Crippen molar-refractivity contribution in [2.75, 3.05) is 39.8 Å². The van der Waals surface area contributed by atoms with Crippen LogP contribution < -0.4 is 16.4 Å². The summed E-state index contributed by atoms with van der Waals surface area (Å²) >= 11 is 0. The standard InChI is InChI=1S/C13H26N4O3/c1-10(18)15-4-5-16-13(19)9-17-6-3-12(20-2)7-11(17)8-14/h11-12H,3-9,14H2,1-2H3,(H,15,18)(H,16,19). The molecule has 0 aromatic rings. The van der Waals surface area contributed by atoms with Crippen LogP contribution in [0, 0.1) is 0 Å². The number of hydrogen-bond acceptors (Lipinski definition) is 5. The van der Waals surface area contributed by atoms with Crippen LogP contribution in [-0.4, -0.2) is 68.7 Å². The van der Waals surface area contributed by atoms with Gasteiger partial charge < -0.3 is 21.1 Å². The lowest BCUT2D eigenvalue weighted by Crippen LogP contribution is -2.52. The van der Waals surface area contributed by atoms with Crippen molar-refractivity contribution in [3.63, 3.8) is 0 Å². The summed E-state index contributed by atoms with van der Waals surface area (Å²) in [7, 11) is 1.71. The van der Waals surface area contributed by atoms with Crippen LogP contribution in [0.4, 0.5) is 0 Å². The van der Waals surface area contributed by atoms with E-state index in [4.69, 9.17) is 10.5 Å². The quantitative estimate of drug-likeness (QED) is 0.504. The second-order valence-corrected chi connectivity index (χ2v) is 5.08. The predicted molar refractivity (Wildman–Crippen MR) is 76.1 cm³/mol. The third kappa shape index (κ3) is 5.85. The van der Waals surface area contributed by atoms with E-state index < -0.39 is 0 Å². The zero-order valence-electron chi connectivity index (χ0n) is 12.4. The van der Waals surface area contributed by atoms with Gasteiger partial charge in [0.05, 0.1) is 12.6 Å². The van der Waals surface area contributed by atoms with Crippen molar-refractivity contribution in [3.05, 3.63) is 0 Å². The summed E-state index contributed by atoms with van der Waals surface area (Å²) in [6, 6.07) is 0.190. The lowest BCUT2D eigenvalue weighted by Gasteiger charge is -2.37. The Bertz CT molecular complexity index is 325. The third-order valence-electron chi connectivity index (χ3n) is 3.56. The van der Waals surface area contributed by atoms with Gasteiger partial charge in [0.2, 0.25) is 11.8 Å². The molecule has 0 bridgehead atoms. The van der Waals surface area contributed by atoms with Crippen LogP contribution in [0.25, 0.3) is 0 Å². The summed E-state index contributed by atoms with van der Waals surface area (Å²) in [6.45, 7) is 4.04. The maximum atomic E-state index is 11.8. The van der Waals surface area contributed by atoms with Crippen molar-refractivity contribution in [1.82, 2.24) is 15.5 Å². The minimum atomic E-state index is -0.0934. The predicted octanol–water partition coefficient (Wildman–Crippen LogP) is -1.32. The van der Waals surface area contributed by atoms with Gasteiger partial charge in [-0.3, -0.25) is 14.5 Å². The first-order valence-corrected chi connectivity index (χ1v) is 7.04. The van der Waals surface area contributed by atoms with Gasteiger partial charge in [-0.1, -0.05) is 0 Å². The van der Waals surface area contributed by atoms with E-state index in [0.717, 1.165) is 19.4 Å². The molecule has 7 nitrogen and oxygen atoms in total. The molecule has 0 aliphatic carbocycles. The van der Waals surface area contributed by atoms with Gasteiger partial charge >= 0.3 is 0 Å². The van der Waals surface area contributed by atoms with Gasteiger partial charge in [-0.05, 0) is 12.8 Å². The zero-order valence-corrected chi connectivity index (χ0v) is 12.4. The first-order valence-electron chi connectivity index (χ1n) is 7.04. The third-order valence-corrected chi connectivity index (χ3v) is 3.56. The smallest absolute Gasteiger partial charge is 0.234 e. The average molecular weight is 286 g/mol. The lowest BCUT2D eigenvalue weighted by atomic mass is 9.99. The van der Waals surface area contributed by atoms with E-state index in [1.54, 1.807) is 7.11 Å². The van der Waals surface area contributed by atoms with E-state index in [1.165, 1.54) is 6.92 Å². The highest BCUT2D eigenvalue weighted by atomic mass is 16.5. The Labute approximate surface area is 120 Å². The van der Waals surface area contributed by atoms with Crippen LogP contribution in [0.3, 0.4) is 0 Å². The van der Waals surface area contributed by atoms with Crippen molar-refractivity contribution in [3.8, 4) is 0 Å². The first kappa shape index (κ1) is 16.9. The molecule has 1 aliphatic rings. The monoisotopic (exact) mass is 286 g/mol. The Kier molecular flexibility index (Phi) is 7.50. The fraction of sp³-hybridized carbons (Fsp3) is 0.846. The van der Waals surface area contributed by atoms with Crippen LogP contribution in [0.5, 0.6) is 0 Å². The van der Waals surface area contributed by atoms with Crippen LogP contribution in [0.15, 0.2) is 0 Å². The molecule has 2 atom stereocenters. The summed E-state index contributed by atoms with van der Waals surface area (Å²) in [6.07, 6.45) is 2.03. The van der Waals surface area contributed by atoms with Crippen LogP contribution >= 0.6 is 0 Å². The molecular formula is C13H26N4O3. The molecule has 0 aromatic carbocycles. The fourth-order valence-electron chi connectivity index (χ4n) is 2.41. The van der Waals surface area contributed by atoms with Crippen molar-refractivity contribution < 1.29 is 14.3 Å². The highest BCUT2D eigenvalue weighted by Crippen LogP contribution is 2.18. The molecule has 1 rings (SSSR count). The molecule has 0 aromatic heterocycles. The largest absolute Gasteiger partial charge is 0.381 e. The number of piperidine rings is 1. The highest BCUT2D eigenvalue weighted by molar-refractivity contribution is 5.78. The van der Waals surface area contributed by atoms with Crippen molar-refractivity contribution in [2.24, 2.45) is 5.73 Å². The highest BCUT2D eigenvalue weighted by Gasteiger charge is 2.28. The molecule has 0 radical (unpaired) electrons. The summed E-state index contributed by atoms with van der Waals surface area (Å²) < 4.78 is 5.36. The summed E-state index contributed by atoms with van der Waals surface area (Å²) in [4.78, 5) is 24.6. The minimum absolute atomic E-state index is 0.0373. The number of rotatable bonds is 7. The molecule has 20 heavy (non-hydrogen) atoms. The summed E-state index contributed by atoms with van der Waals surface area (Å²) in [5.41, 5.74) is 5.76. The summed E-state index contributed by atoms with van der Waals surface area (Å²) in [5, 5.41) is 5.42. The van der Waals surface area contributed by atoms with Gasteiger partial charge in [0, 0.05) is 46.3 Å². The van der Waals surface area contributed by atoms with Crippen LogP contribution in [0.1, 0.15) is 19.8 Å². The first-order chi connectivity index (χ1) is 9.56. The van der Waals surface area contributed by atoms with E-state index >= 15 is 0 Å².